The standard InChI is InChI=1S/C19H25ClN4O3S/c20-15-5-3-6-17(13-15)27-12-8-16-14-18(22-21-16)19-7-4-11-24(19)28(25,26)23-9-1-2-10-23/h3,5-6,13-14,19H,1-2,4,7-12H2,(H,21,22). The number of halogens is 1. The summed E-state index contributed by atoms with van der Waals surface area (Å²) in [7, 11) is -3.41. The number of hydrogen-bond donors (Lipinski definition) is 1. The molecular weight excluding hydrogens is 400 g/mol. The maximum absolute atomic E-state index is 13.0. The average molecular weight is 425 g/mol. The minimum absolute atomic E-state index is 0.190. The van der Waals surface area contributed by atoms with Crippen molar-refractivity contribution >= 4 is 21.8 Å². The highest BCUT2D eigenvalue weighted by Gasteiger charge is 2.40. The fraction of sp³-hybridized carbons (Fsp3) is 0.526. The van der Waals surface area contributed by atoms with Gasteiger partial charge >= 0.3 is 0 Å². The Labute approximate surface area is 170 Å². The number of benzene rings is 1. The van der Waals surface area contributed by atoms with Gasteiger partial charge in [0.2, 0.25) is 0 Å². The van der Waals surface area contributed by atoms with E-state index in [1.165, 1.54) is 0 Å². The molecule has 1 unspecified atom stereocenters. The van der Waals surface area contributed by atoms with Gasteiger partial charge < -0.3 is 4.74 Å². The summed E-state index contributed by atoms with van der Waals surface area (Å²) in [4.78, 5) is 0. The zero-order chi connectivity index (χ0) is 19.6. The Balaban J connectivity index is 1.39. The topological polar surface area (TPSA) is 78.5 Å². The lowest BCUT2D eigenvalue weighted by atomic mass is 10.1. The first-order valence-electron chi connectivity index (χ1n) is 9.73. The second-order valence-corrected chi connectivity index (χ2v) is 9.57. The van der Waals surface area contributed by atoms with Gasteiger partial charge in [-0.2, -0.15) is 22.1 Å². The zero-order valence-corrected chi connectivity index (χ0v) is 17.3. The number of aromatic nitrogens is 2. The normalized spacial score (nSPS) is 21.4. The smallest absolute Gasteiger partial charge is 0.282 e. The van der Waals surface area contributed by atoms with Gasteiger partial charge in [0.25, 0.3) is 10.2 Å². The fourth-order valence-electron chi connectivity index (χ4n) is 3.89. The molecule has 9 heteroatoms. The van der Waals surface area contributed by atoms with Crippen LogP contribution in [0.2, 0.25) is 5.02 Å². The highest BCUT2D eigenvalue weighted by Crippen LogP contribution is 2.35. The molecule has 2 aliphatic heterocycles. The molecule has 0 amide bonds. The van der Waals surface area contributed by atoms with Crippen molar-refractivity contribution in [3.63, 3.8) is 0 Å². The monoisotopic (exact) mass is 424 g/mol. The van der Waals surface area contributed by atoms with Crippen molar-refractivity contribution in [3.8, 4) is 5.75 Å². The average Bonchev–Trinajstić information content (AvgIpc) is 3.42. The number of ether oxygens (including phenoxy) is 1. The molecule has 1 aromatic carbocycles. The number of hydrogen-bond acceptors (Lipinski definition) is 4. The SMILES string of the molecule is O=S(=O)(N1CCCC1)N1CCCC1c1cc(CCOc2cccc(Cl)c2)[nH]n1. The largest absolute Gasteiger partial charge is 0.493 e. The Morgan fingerprint density at radius 2 is 2.00 bits per heavy atom. The number of rotatable bonds is 7. The van der Waals surface area contributed by atoms with Crippen LogP contribution < -0.4 is 4.74 Å². The second-order valence-electron chi connectivity index (χ2n) is 7.26. The molecule has 0 saturated carbocycles. The maximum Gasteiger partial charge on any atom is 0.282 e. The first kappa shape index (κ1) is 19.7. The van der Waals surface area contributed by atoms with E-state index in [0.717, 1.165) is 42.8 Å². The van der Waals surface area contributed by atoms with Crippen molar-refractivity contribution < 1.29 is 13.2 Å². The van der Waals surface area contributed by atoms with Crippen LogP contribution in [0, 0.1) is 0 Å². The molecule has 3 heterocycles. The van der Waals surface area contributed by atoms with E-state index in [1.54, 1.807) is 20.7 Å². The quantitative estimate of drug-likeness (QED) is 0.740. The Hall–Kier alpha value is -1.61. The van der Waals surface area contributed by atoms with Crippen LogP contribution in [0.25, 0.3) is 0 Å². The zero-order valence-electron chi connectivity index (χ0n) is 15.7. The van der Waals surface area contributed by atoms with Crippen molar-refractivity contribution in [3.05, 3.63) is 46.7 Å². The molecule has 28 heavy (non-hydrogen) atoms. The van der Waals surface area contributed by atoms with Crippen LogP contribution in [0.1, 0.15) is 43.1 Å². The predicted octanol–water partition coefficient (Wildman–Crippen LogP) is 3.16. The molecule has 2 aliphatic rings. The number of aromatic amines is 1. The van der Waals surface area contributed by atoms with Gasteiger partial charge in [-0.3, -0.25) is 5.10 Å². The number of H-pyrrole nitrogens is 1. The van der Waals surface area contributed by atoms with Gasteiger partial charge in [0, 0.05) is 36.8 Å². The van der Waals surface area contributed by atoms with Crippen molar-refractivity contribution in [1.29, 1.82) is 0 Å². The van der Waals surface area contributed by atoms with Gasteiger partial charge in [0.1, 0.15) is 5.75 Å². The van der Waals surface area contributed by atoms with Gasteiger partial charge in [-0.1, -0.05) is 17.7 Å². The van der Waals surface area contributed by atoms with Crippen molar-refractivity contribution in [1.82, 2.24) is 18.8 Å². The fourth-order valence-corrected chi connectivity index (χ4v) is 5.98. The molecule has 2 saturated heterocycles. The molecular formula is C19H25ClN4O3S. The van der Waals surface area contributed by atoms with Crippen LogP contribution in [-0.2, 0) is 16.6 Å². The highest BCUT2D eigenvalue weighted by atomic mass is 35.5. The van der Waals surface area contributed by atoms with Crippen molar-refractivity contribution in [2.24, 2.45) is 0 Å². The highest BCUT2D eigenvalue weighted by molar-refractivity contribution is 7.86. The van der Waals surface area contributed by atoms with E-state index in [4.69, 9.17) is 16.3 Å². The van der Waals surface area contributed by atoms with Crippen LogP contribution in [0.3, 0.4) is 0 Å². The van der Waals surface area contributed by atoms with Gasteiger partial charge in [-0.25, -0.2) is 0 Å². The lowest BCUT2D eigenvalue weighted by Gasteiger charge is -2.27. The lowest BCUT2D eigenvalue weighted by molar-refractivity contribution is 0.320. The van der Waals surface area contributed by atoms with Crippen LogP contribution in [0.4, 0.5) is 0 Å². The molecule has 2 aromatic rings. The van der Waals surface area contributed by atoms with Gasteiger partial charge in [-0.15, -0.1) is 0 Å². The molecule has 7 nitrogen and oxygen atoms in total. The van der Waals surface area contributed by atoms with E-state index < -0.39 is 10.2 Å². The van der Waals surface area contributed by atoms with Crippen LogP contribution >= 0.6 is 11.6 Å². The summed E-state index contributed by atoms with van der Waals surface area (Å²) in [6.45, 7) is 2.29. The van der Waals surface area contributed by atoms with Crippen LogP contribution in [0.15, 0.2) is 30.3 Å². The Bertz CT molecular complexity index is 911. The lowest BCUT2D eigenvalue weighted by Crippen LogP contribution is -2.42. The second kappa shape index (κ2) is 8.41. The summed E-state index contributed by atoms with van der Waals surface area (Å²) in [6, 6.07) is 9.07. The van der Waals surface area contributed by atoms with E-state index in [0.29, 0.717) is 37.7 Å². The summed E-state index contributed by atoms with van der Waals surface area (Å²) in [5.41, 5.74) is 1.72. The third kappa shape index (κ3) is 4.20. The van der Waals surface area contributed by atoms with E-state index in [1.807, 2.05) is 18.2 Å². The third-order valence-electron chi connectivity index (χ3n) is 5.32. The third-order valence-corrected chi connectivity index (χ3v) is 7.60. The molecule has 0 spiro atoms. The first-order chi connectivity index (χ1) is 13.5. The molecule has 0 bridgehead atoms. The molecule has 1 aromatic heterocycles. The predicted molar refractivity (Wildman–Crippen MR) is 108 cm³/mol. The number of nitrogens with zero attached hydrogens (tertiary/aromatic N) is 3. The summed E-state index contributed by atoms with van der Waals surface area (Å²) in [5, 5.41) is 8.07. The van der Waals surface area contributed by atoms with E-state index in [9.17, 15) is 8.42 Å². The maximum atomic E-state index is 13.0. The Kier molecular flexibility index (Phi) is 5.91. The summed E-state index contributed by atoms with van der Waals surface area (Å²) in [6.07, 6.45) is 4.20. The summed E-state index contributed by atoms with van der Waals surface area (Å²) >= 11 is 5.96. The molecule has 1 N–H and O–H groups in total. The Morgan fingerprint density at radius 1 is 1.18 bits per heavy atom. The first-order valence-corrected chi connectivity index (χ1v) is 11.5. The minimum Gasteiger partial charge on any atom is -0.493 e. The molecule has 152 valence electrons. The van der Waals surface area contributed by atoms with Gasteiger partial charge in [0.15, 0.2) is 0 Å². The van der Waals surface area contributed by atoms with Crippen LogP contribution in [-0.4, -0.2) is 53.5 Å². The molecule has 0 radical (unpaired) electrons. The van der Waals surface area contributed by atoms with E-state index in [-0.39, 0.29) is 6.04 Å². The summed E-state index contributed by atoms with van der Waals surface area (Å²) < 4.78 is 34.9. The van der Waals surface area contributed by atoms with E-state index >= 15 is 0 Å². The minimum atomic E-state index is -3.41. The molecule has 4 rings (SSSR count). The molecule has 1 atom stereocenters. The van der Waals surface area contributed by atoms with Crippen molar-refractivity contribution in [2.45, 2.75) is 38.1 Å². The van der Waals surface area contributed by atoms with E-state index in [2.05, 4.69) is 10.2 Å². The molecule has 0 aliphatic carbocycles. The number of nitrogens with one attached hydrogen (secondary N) is 1. The Morgan fingerprint density at radius 3 is 2.79 bits per heavy atom. The molecule has 2 fully saturated rings. The van der Waals surface area contributed by atoms with Gasteiger partial charge in [-0.05, 0) is 49.9 Å². The van der Waals surface area contributed by atoms with Crippen molar-refractivity contribution in [2.75, 3.05) is 26.2 Å². The summed E-state index contributed by atoms with van der Waals surface area (Å²) in [5.74, 6) is 0.728. The van der Waals surface area contributed by atoms with Crippen LogP contribution in [0.5, 0.6) is 5.75 Å². The van der Waals surface area contributed by atoms with Gasteiger partial charge in [0.05, 0.1) is 18.3 Å².